The van der Waals surface area contributed by atoms with Crippen molar-refractivity contribution < 1.29 is 4.79 Å². The summed E-state index contributed by atoms with van der Waals surface area (Å²) in [6, 6.07) is 3.12. The van der Waals surface area contributed by atoms with E-state index in [-0.39, 0.29) is 11.3 Å². The maximum absolute atomic E-state index is 13.1. The predicted molar refractivity (Wildman–Crippen MR) is 99.5 cm³/mol. The number of aromatic nitrogens is 4. The predicted octanol–water partition coefficient (Wildman–Crippen LogP) is 2.14. The molecule has 3 atom stereocenters. The molecule has 8 heteroatoms. The molecule has 2 aliphatic rings. The second-order valence-corrected chi connectivity index (χ2v) is 8.23. The second kappa shape index (κ2) is 7.44. The molecule has 0 saturated carbocycles. The van der Waals surface area contributed by atoms with Crippen LogP contribution in [-0.4, -0.2) is 50.1 Å². The number of thiophene rings is 1. The van der Waals surface area contributed by atoms with E-state index in [0.29, 0.717) is 24.5 Å². The van der Waals surface area contributed by atoms with Crippen LogP contribution in [0.1, 0.15) is 50.4 Å². The van der Waals surface area contributed by atoms with Crippen LogP contribution >= 0.6 is 11.3 Å². The highest BCUT2D eigenvalue weighted by molar-refractivity contribution is 7.07. The van der Waals surface area contributed by atoms with Gasteiger partial charge in [-0.25, -0.2) is 0 Å². The first-order valence-corrected chi connectivity index (χ1v) is 10.4. The van der Waals surface area contributed by atoms with Crippen LogP contribution in [0, 0.1) is 5.41 Å². The molecule has 2 bridgehead atoms. The van der Waals surface area contributed by atoms with E-state index < -0.39 is 0 Å². The standard InChI is InChI=1S/C18H26N6OS/c1-2-18(17(25)19-8-3-4-16-20-22-23-21-16)10-14-5-6-15(18)24(14)11-13-7-9-26-12-13/h7,9,12,14-15H,2-6,8,10-11H2,1H3,(H,19,25)(H,20,21,22,23)/t14-,15+,18+/m0/s1. The van der Waals surface area contributed by atoms with E-state index in [1.165, 1.54) is 12.0 Å². The first kappa shape index (κ1) is 17.6. The highest BCUT2D eigenvalue weighted by atomic mass is 32.1. The molecule has 2 aliphatic heterocycles. The van der Waals surface area contributed by atoms with Crippen molar-refractivity contribution in [3.63, 3.8) is 0 Å². The van der Waals surface area contributed by atoms with Gasteiger partial charge >= 0.3 is 0 Å². The molecule has 7 nitrogen and oxygen atoms in total. The van der Waals surface area contributed by atoms with E-state index in [4.69, 9.17) is 0 Å². The quantitative estimate of drug-likeness (QED) is 0.692. The van der Waals surface area contributed by atoms with Gasteiger partial charge < -0.3 is 5.32 Å². The number of aryl methyl sites for hydroxylation is 1. The van der Waals surface area contributed by atoms with Gasteiger partial charge in [0.05, 0.1) is 5.41 Å². The molecule has 1 amide bonds. The Balaban J connectivity index is 1.36. The molecule has 2 N–H and O–H groups in total. The molecule has 4 heterocycles. The van der Waals surface area contributed by atoms with E-state index in [2.05, 4.69) is 54.6 Å². The zero-order chi connectivity index (χ0) is 18.0. The van der Waals surface area contributed by atoms with Crippen molar-refractivity contribution in [3.05, 3.63) is 28.2 Å². The summed E-state index contributed by atoms with van der Waals surface area (Å²) in [7, 11) is 0. The van der Waals surface area contributed by atoms with E-state index in [1.807, 2.05) is 0 Å². The average molecular weight is 375 g/mol. The Hall–Kier alpha value is -1.80. The number of hydrogen-bond donors (Lipinski definition) is 2. The second-order valence-electron chi connectivity index (χ2n) is 7.45. The van der Waals surface area contributed by atoms with Crippen molar-refractivity contribution in [3.8, 4) is 0 Å². The highest BCUT2D eigenvalue weighted by Crippen LogP contribution is 2.52. The number of tetrazole rings is 1. The van der Waals surface area contributed by atoms with Gasteiger partial charge in [-0.1, -0.05) is 12.1 Å². The van der Waals surface area contributed by atoms with Crippen LogP contribution in [-0.2, 0) is 17.8 Å². The number of fused-ring (bicyclic) bond motifs is 2. The minimum Gasteiger partial charge on any atom is -0.356 e. The summed E-state index contributed by atoms with van der Waals surface area (Å²) >= 11 is 1.75. The summed E-state index contributed by atoms with van der Waals surface area (Å²) in [5.41, 5.74) is 1.14. The molecule has 0 aromatic carbocycles. The zero-order valence-electron chi connectivity index (χ0n) is 15.1. The van der Waals surface area contributed by atoms with Gasteiger partial charge in [0, 0.05) is 31.6 Å². The average Bonchev–Trinajstić information content (AvgIpc) is 3.45. The molecule has 2 aromatic heterocycles. The van der Waals surface area contributed by atoms with Crippen molar-refractivity contribution in [2.24, 2.45) is 5.41 Å². The largest absolute Gasteiger partial charge is 0.356 e. The number of nitrogens with one attached hydrogen (secondary N) is 2. The SMILES string of the molecule is CC[C@@]1(C(=O)NCCCc2nn[nH]n2)C[C@@H]2CC[C@H]1N2Cc1ccsc1. The van der Waals surface area contributed by atoms with Crippen LogP contribution in [0.15, 0.2) is 16.8 Å². The van der Waals surface area contributed by atoms with Gasteiger partial charge in [0.15, 0.2) is 5.82 Å². The fourth-order valence-electron chi connectivity index (χ4n) is 4.84. The number of nitrogens with zero attached hydrogens (tertiary/aromatic N) is 4. The number of carbonyl (C=O) groups is 1. The van der Waals surface area contributed by atoms with Crippen molar-refractivity contribution in [1.82, 2.24) is 30.8 Å². The molecule has 140 valence electrons. The van der Waals surface area contributed by atoms with Crippen LogP contribution in [0.3, 0.4) is 0 Å². The van der Waals surface area contributed by atoms with Crippen LogP contribution in [0.2, 0.25) is 0 Å². The zero-order valence-corrected chi connectivity index (χ0v) is 16.0. The molecular weight excluding hydrogens is 348 g/mol. The fraction of sp³-hybridized carbons (Fsp3) is 0.667. The first-order valence-electron chi connectivity index (χ1n) is 9.50. The number of rotatable bonds is 8. The lowest BCUT2D eigenvalue weighted by atomic mass is 9.71. The van der Waals surface area contributed by atoms with Crippen molar-refractivity contribution in [1.29, 1.82) is 0 Å². The van der Waals surface area contributed by atoms with Crippen LogP contribution in [0.25, 0.3) is 0 Å². The summed E-state index contributed by atoms with van der Waals surface area (Å²) in [4.78, 5) is 15.7. The highest BCUT2D eigenvalue weighted by Gasteiger charge is 2.58. The van der Waals surface area contributed by atoms with Crippen LogP contribution < -0.4 is 5.32 Å². The molecule has 0 spiro atoms. The molecule has 0 radical (unpaired) electrons. The molecule has 0 unspecified atom stereocenters. The maximum atomic E-state index is 13.1. The normalized spacial score (nSPS) is 27.9. The number of carbonyl (C=O) groups excluding carboxylic acids is 1. The van der Waals surface area contributed by atoms with Crippen LogP contribution in [0.5, 0.6) is 0 Å². The summed E-state index contributed by atoms with van der Waals surface area (Å²) in [6.07, 6.45) is 5.82. The third-order valence-corrected chi connectivity index (χ3v) is 6.89. The van der Waals surface area contributed by atoms with Crippen LogP contribution in [0.4, 0.5) is 0 Å². The summed E-state index contributed by atoms with van der Waals surface area (Å²) in [5.74, 6) is 0.932. The Morgan fingerprint density at radius 2 is 2.42 bits per heavy atom. The van der Waals surface area contributed by atoms with Gasteiger partial charge in [0.2, 0.25) is 5.91 Å². The summed E-state index contributed by atoms with van der Waals surface area (Å²) in [6.45, 7) is 3.81. The van der Waals surface area contributed by atoms with Crippen molar-refractivity contribution in [2.75, 3.05) is 6.54 Å². The Morgan fingerprint density at radius 3 is 3.15 bits per heavy atom. The lowest BCUT2D eigenvalue weighted by Gasteiger charge is -2.35. The van der Waals surface area contributed by atoms with Gasteiger partial charge in [0.1, 0.15) is 0 Å². The minimum absolute atomic E-state index is 0.231. The summed E-state index contributed by atoms with van der Waals surface area (Å²) < 4.78 is 0. The lowest BCUT2D eigenvalue weighted by molar-refractivity contribution is -0.133. The molecule has 0 aliphatic carbocycles. The van der Waals surface area contributed by atoms with Crippen molar-refractivity contribution >= 4 is 17.2 Å². The monoisotopic (exact) mass is 374 g/mol. The molecule has 2 aromatic rings. The minimum atomic E-state index is -0.231. The number of amides is 1. The fourth-order valence-corrected chi connectivity index (χ4v) is 5.50. The smallest absolute Gasteiger partial charge is 0.227 e. The molecule has 2 saturated heterocycles. The van der Waals surface area contributed by atoms with Gasteiger partial charge in [-0.05, 0) is 54.5 Å². The number of H-pyrrole nitrogens is 1. The molecule has 4 rings (SSSR count). The number of aromatic amines is 1. The Bertz CT molecular complexity index is 718. The van der Waals surface area contributed by atoms with Gasteiger partial charge in [-0.3, -0.25) is 9.69 Å². The summed E-state index contributed by atoms with van der Waals surface area (Å²) in [5, 5.41) is 21.5. The van der Waals surface area contributed by atoms with E-state index >= 15 is 0 Å². The molecule has 2 fully saturated rings. The lowest BCUT2D eigenvalue weighted by Crippen LogP contribution is -2.49. The van der Waals surface area contributed by atoms with Crippen molar-refractivity contribution in [2.45, 2.75) is 64.1 Å². The Morgan fingerprint density at radius 1 is 1.50 bits per heavy atom. The third kappa shape index (κ3) is 3.16. The number of hydrogen-bond acceptors (Lipinski definition) is 6. The topological polar surface area (TPSA) is 86.8 Å². The molecular formula is C18H26N6OS. The van der Waals surface area contributed by atoms with E-state index in [9.17, 15) is 4.79 Å². The first-order chi connectivity index (χ1) is 12.7. The van der Waals surface area contributed by atoms with Gasteiger partial charge in [-0.15, -0.1) is 10.2 Å². The van der Waals surface area contributed by atoms with Gasteiger partial charge in [0.25, 0.3) is 0 Å². The maximum Gasteiger partial charge on any atom is 0.227 e. The Labute approximate surface area is 157 Å². The van der Waals surface area contributed by atoms with E-state index in [0.717, 1.165) is 38.6 Å². The Kier molecular flexibility index (Phi) is 5.04. The van der Waals surface area contributed by atoms with E-state index in [1.54, 1.807) is 11.3 Å². The third-order valence-electron chi connectivity index (χ3n) is 6.16. The molecule has 26 heavy (non-hydrogen) atoms. The van der Waals surface area contributed by atoms with Gasteiger partial charge in [-0.2, -0.15) is 16.6 Å².